The molecule has 0 atom stereocenters. The van der Waals surface area contributed by atoms with E-state index >= 15 is 0 Å². The van der Waals surface area contributed by atoms with Crippen molar-refractivity contribution in [3.8, 4) is 0 Å². The SMILES string of the molecule is C=CCn1c(=O)n(CC=C)c(=O)n(CC(=O)c2c(C)cc(C)c(C)c2C)c1=O. The molecule has 0 radical (unpaired) electrons. The topological polar surface area (TPSA) is 83.1 Å². The Labute approximate surface area is 162 Å². The highest BCUT2D eigenvalue weighted by Gasteiger charge is 2.20. The van der Waals surface area contributed by atoms with Gasteiger partial charge in [0.05, 0.1) is 19.6 Å². The number of aromatic nitrogens is 3. The van der Waals surface area contributed by atoms with Crippen LogP contribution in [-0.2, 0) is 19.6 Å². The van der Waals surface area contributed by atoms with E-state index in [1.54, 1.807) is 0 Å². The lowest BCUT2D eigenvalue weighted by Gasteiger charge is -2.16. The number of hydrogen-bond donors (Lipinski definition) is 0. The number of Topliss-reactive ketones (excluding diaryl/α,β-unsaturated/α-hetero) is 1. The van der Waals surface area contributed by atoms with Crippen molar-refractivity contribution in [1.82, 2.24) is 13.7 Å². The first-order valence-electron chi connectivity index (χ1n) is 8.92. The number of allylic oxidation sites excluding steroid dienone is 2. The molecule has 0 bridgehead atoms. The summed E-state index contributed by atoms with van der Waals surface area (Å²) in [4.78, 5) is 50.8. The van der Waals surface area contributed by atoms with Gasteiger partial charge in [-0.1, -0.05) is 18.2 Å². The summed E-state index contributed by atoms with van der Waals surface area (Å²) >= 11 is 0. The zero-order valence-electron chi connectivity index (χ0n) is 16.7. The minimum atomic E-state index is -0.831. The molecule has 7 heteroatoms. The summed E-state index contributed by atoms with van der Waals surface area (Å²) in [6.45, 7) is 14.1. The summed E-state index contributed by atoms with van der Waals surface area (Å²) in [6, 6.07) is 1.91. The average molecular weight is 383 g/mol. The van der Waals surface area contributed by atoms with E-state index in [1.165, 1.54) is 12.2 Å². The third-order valence-corrected chi connectivity index (χ3v) is 4.95. The van der Waals surface area contributed by atoms with Gasteiger partial charge in [0.1, 0.15) is 0 Å². The molecule has 0 aliphatic rings. The Hall–Kier alpha value is -3.22. The van der Waals surface area contributed by atoms with Crippen LogP contribution in [0.2, 0.25) is 0 Å². The fraction of sp³-hybridized carbons (Fsp3) is 0.333. The van der Waals surface area contributed by atoms with E-state index in [0.29, 0.717) is 5.56 Å². The van der Waals surface area contributed by atoms with Crippen molar-refractivity contribution in [2.75, 3.05) is 0 Å². The molecular formula is C21H25N3O4. The third kappa shape index (κ3) is 3.60. The van der Waals surface area contributed by atoms with E-state index in [-0.39, 0.29) is 18.9 Å². The lowest BCUT2D eigenvalue weighted by atomic mass is 9.92. The number of rotatable bonds is 7. The number of nitrogens with zero attached hydrogens (tertiary/aromatic N) is 3. The van der Waals surface area contributed by atoms with Crippen LogP contribution in [0.1, 0.15) is 32.6 Å². The molecule has 0 amide bonds. The predicted molar refractivity (Wildman–Crippen MR) is 109 cm³/mol. The highest BCUT2D eigenvalue weighted by atomic mass is 16.2. The number of carbonyl (C=O) groups is 1. The maximum atomic E-state index is 13.0. The van der Waals surface area contributed by atoms with Crippen LogP contribution in [0.5, 0.6) is 0 Å². The standard InChI is InChI=1S/C21H25N3O4/c1-7-9-22-19(26)23(10-8-2)21(28)24(20(22)27)12-17(25)18-14(4)11-13(3)15(5)16(18)6/h7-8,11H,1-2,9-10,12H2,3-6H3. The second-order valence-corrected chi connectivity index (χ2v) is 6.79. The minimum Gasteiger partial charge on any atom is -0.292 e. The van der Waals surface area contributed by atoms with Crippen molar-refractivity contribution in [2.24, 2.45) is 0 Å². The van der Waals surface area contributed by atoms with Gasteiger partial charge in [0, 0.05) is 5.56 Å². The van der Waals surface area contributed by atoms with Crippen LogP contribution in [0, 0.1) is 27.7 Å². The molecule has 0 N–H and O–H groups in total. The predicted octanol–water partition coefficient (Wildman–Crippen LogP) is 1.66. The van der Waals surface area contributed by atoms with Gasteiger partial charge in [0.15, 0.2) is 5.78 Å². The summed E-state index contributed by atoms with van der Waals surface area (Å²) in [5, 5.41) is 0. The Morgan fingerprint density at radius 2 is 1.29 bits per heavy atom. The number of benzene rings is 1. The number of hydrogen-bond acceptors (Lipinski definition) is 4. The first-order chi connectivity index (χ1) is 13.1. The molecule has 0 aliphatic heterocycles. The Bertz CT molecular complexity index is 1100. The molecule has 148 valence electrons. The molecule has 28 heavy (non-hydrogen) atoms. The van der Waals surface area contributed by atoms with Crippen LogP contribution < -0.4 is 17.1 Å². The molecule has 7 nitrogen and oxygen atoms in total. The van der Waals surface area contributed by atoms with Crippen LogP contribution in [0.25, 0.3) is 0 Å². The normalized spacial score (nSPS) is 10.7. The second kappa shape index (κ2) is 8.21. The van der Waals surface area contributed by atoms with E-state index in [2.05, 4.69) is 13.2 Å². The van der Waals surface area contributed by atoms with E-state index in [1.807, 2.05) is 33.8 Å². The van der Waals surface area contributed by atoms with Crippen molar-refractivity contribution >= 4 is 5.78 Å². The number of carbonyl (C=O) groups excluding carboxylic acids is 1. The Kier molecular flexibility index (Phi) is 6.18. The summed E-state index contributed by atoms with van der Waals surface area (Å²) in [6.07, 6.45) is 2.77. The first-order valence-corrected chi connectivity index (χ1v) is 8.92. The van der Waals surface area contributed by atoms with Gasteiger partial charge in [-0.15, -0.1) is 13.2 Å². The largest absolute Gasteiger partial charge is 0.337 e. The van der Waals surface area contributed by atoms with Gasteiger partial charge >= 0.3 is 17.1 Å². The van der Waals surface area contributed by atoms with Gasteiger partial charge in [-0.05, 0) is 49.9 Å². The van der Waals surface area contributed by atoms with Gasteiger partial charge in [0.25, 0.3) is 0 Å². The monoisotopic (exact) mass is 383 g/mol. The van der Waals surface area contributed by atoms with E-state index in [4.69, 9.17) is 0 Å². The number of ketones is 1. The quantitative estimate of drug-likeness (QED) is 0.538. The Morgan fingerprint density at radius 1 is 0.821 bits per heavy atom. The minimum absolute atomic E-state index is 0.0645. The van der Waals surface area contributed by atoms with Crippen molar-refractivity contribution < 1.29 is 4.79 Å². The number of aryl methyl sites for hydroxylation is 2. The molecule has 0 saturated carbocycles. The summed E-state index contributed by atoms with van der Waals surface area (Å²) in [7, 11) is 0. The van der Waals surface area contributed by atoms with Crippen molar-refractivity contribution in [3.05, 3.63) is 90.6 Å². The first kappa shape index (κ1) is 21.1. The Morgan fingerprint density at radius 3 is 1.75 bits per heavy atom. The van der Waals surface area contributed by atoms with Gasteiger partial charge in [-0.2, -0.15) is 0 Å². The van der Waals surface area contributed by atoms with Crippen LogP contribution in [0.4, 0.5) is 0 Å². The fourth-order valence-electron chi connectivity index (χ4n) is 3.32. The van der Waals surface area contributed by atoms with E-state index in [0.717, 1.165) is 36.0 Å². The van der Waals surface area contributed by atoms with Gasteiger partial charge in [-0.25, -0.2) is 28.1 Å². The summed E-state index contributed by atoms with van der Waals surface area (Å²) in [5.74, 6) is -0.355. The van der Waals surface area contributed by atoms with E-state index < -0.39 is 23.6 Å². The van der Waals surface area contributed by atoms with Gasteiger partial charge < -0.3 is 0 Å². The molecule has 2 aromatic rings. The van der Waals surface area contributed by atoms with Crippen molar-refractivity contribution in [1.29, 1.82) is 0 Å². The van der Waals surface area contributed by atoms with Crippen LogP contribution in [0.15, 0.2) is 45.8 Å². The highest BCUT2D eigenvalue weighted by molar-refractivity contribution is 5.99. The van der Waals surface area contributed by atoms with Crippen LogP contribution in [0.3, 0.4) is 0 Å². The fourth-order valence-corrected chi connectivity index (χ4v) is 3.32. The van der Waals surface area contributed by atoms with Crippen LogP contribution >= 0.6 is 0 Å². The lowest BCUT2D eigenvalue weighted by molar-refractivity contribution is 0.0965. The smallest absolute Gasteiger partial charge is 0.292 e. The second-order valence-electron chi connectivity index (χ2n) is 6.79. The van der Waals surface area contributed by atoms with Crippen molar-refractivity contribution in [3.63, 3.8) is 0 Å². The molecule has 1 aromatic heterocycles. The zero-order valence-corrected chi connectivity index (χ0v) is 16.7. The van der Waals surface area contributed by atoms with Crippen LogP contribution in [-0.4, -0.2) is 19.5 Å². The molecule has 0 aliphatic carbocycles. The molecule has 2 rings (SSSR count). The zero-order chi connectivity index (χ0) is 21.2. The Balaban J connectivity index is 2.69. The molecule has 0 fully saturated rings. The molecule has 0 saturated heterocycles. The average Bonchev–Trinajstić information content (AvgIpc) is 2.64. The van der Waals surface area contributed by atoms with E-state index in [9.17, 15) is 19.2 Å². The highest BCUT2D eigenvalue weighted by Crippen LogP contribution is 2.22. The third-order valence-electron chi connectivity index (χ3n) is 4.95. The van der Waals surface area contributed by atoms with Gasteiger partial charge in [0.2, 0.25) is 0 Å². The lowest BCUT2D eigenvalue weighted by Crippen LogP contribution is -2.55. The molecule has 1 aromatic carbocycles. The van der Waals surface area contributed by atoms with Gasteiger partial charge in [-0.3, -0.25) is 4.79 Å². The molecule has 0 unspecified atom stereocenters. The van der Waals surface area contributed by atoms with Crippen molar-refractivity contribution in [2.45, 2.75) is 47.3 Å². The molecule has 1 heterocycles. The summed E-state index contributed by atoms with van der Waals surface area (Å²) < 4.78 is 2.56. The summed E-state index contributed by atoms with van der Waals surface area (Å²) in [5.41, 5.74) is 1.73. The molecule has 0 spiro atoms. The maximum absolute atomic E-state index is 13.0. The maximum Gasteiger partial charge on any atom is 0.337 e. The molecular weight excluding hydrogens is 358 g/mol.